The minimum Gasteiger partial charge on any atom is -0.367 e. The highest BCUT2D eigenvalue weighted by molar-refractivity contribution is 5.66. The van der Waals surface area contributed by atoms with E-state index >= 15 is 0 Å². The molecule has 0 amide bonds. The molecule has 30 heavy (non-hydrogen) atoms. The van der Waals surface area contributed by atoms with Crippen molar-refractivity contribution in [1.29, 1.82) is 5.26 Å². The first-order valence-electron chi connectivity index (χ1n) is 11.1. The predicted molar refractivity (Wildman–Crippen MR) is 120 cm³/mol. The average Bonchev–Trinajstić information content (AvgIpc) is 2.80. The fourth-order valence-corrected chi connectivity index (χ4v) is 4.26. The highest BCUT2D eigenvalue weighted by atomic mass is 15.2. The number of anilines is 2. The summed E-state index contributed by atoms with van der Waals surface area (Å²) >= 11 is 0. The number of nitriles is 1. The van der Waals surface area contributed by atoms with Gasteiger partial charge in [0.25, 0.3) is 0 Å². The van der Waals surface area contributed by atoms with Gasteiger partial charge in [-0.3, -0.25) is 0 Å². The van der Waals surface area contributed by atoms with E-state index in [1.165, 1.54) is 32.1 Å². The lowest BCUT2D eigenvalue weighted by Gasteiger charge is -2.29. The normalized spacial score (nSPS) is 17.5. The van der Waals surface area contributed by atoms with Crippen LogP contribution in [0.25, 0.3) is 11.3 Å². The number of hydrogen-bond donors (Lipinski definition) is 3. The van der Waals surface area contributed by atoms with Crippen LogP contribution in [0.15, 0.2) is 30.5 Å². The van der Waals surface area contributed by atoms with E-state index in [1.54, 1.807) is 0 Å². The predicted octanol–water partition coefficient (Wildman–Crippen LogP) is 2.91. The zero-order chi connectivity index (χ0) is 20.6. The van der Waals surface area contributed by atoms with Crippen LogP contribution in [0.5, 0.6) is 0 Å². The smallest absolute Gasteiger partial charge is 0.129 e. The number of rotatable bonds is 7. The van der Waals surface area contributed by atoms with E-state index in [0.29, 0.717) is 19.1 Å². The number of piperazine rings is 1. The topological polar surface area (TPSA) is 88.9 Å². The summed E-state index contributed by atoms with van der Waals surface area (Å²) in [6.45, 7) is 4.84. The Kier molecular flexibility index (Phi) is 7.11. The van der Waals surface area contributed by atoms with Crippen molar-refractivity contribution < 1.29 is 0 Å². The molecule has 0 radical (unpaired) electrons. The summed E-state index contributed by atoms with van der Waals surface area (Å²) in [7, 11) is 0. The first kappa shape index (κ1) is 20.6. The number of pyridine rings is 2. The summed E-state index contributed by atoms with van der Waals surface area (Å²) in [5, 5.41) is 19.0. The van der Waals surface area contributed by atoms with E-state index in [-0.39, 0.29) is 0 Å². The van der Waals surface area contributed by atoms with Crippen LogP contribution in [-0.2, 0) is 6.54 Å². The van der Waals surface area contributed by atoms with Crippen molar-refractivity contribution >= 4 is 11.6 Å². The van der Waals surface area contributed by atoms with Crippen molar-refractivity contribution in [2.24, 2.45) is 0 Å². The lowest BCUT2D eigenvalue weighted by Crippen LogP contribution is -2.44. The Bertz CT molecular complexity index is 864. The van der Waals surface area contributed by atoms with Crippen molar-refractivity contribution in [1.82, 2.24) is 20.6 Å². The van der Waals surface area contributed by atoms with Gasteiger partial charge in [0.15, 0.2) is 0 Å². The molecule has 0 bridgehead atoms. The molecule has 4 rings (SSSR count). The molecular formula is C23H31N7. The summed E-state index contributed by atoms with van der Waals surface area (Å²) < 4.78 is 0. The average molecular weight is 406 g/mol. The Balaban J connectivity index is 1.58. The monoisotopic (exact) mass is 405 g/mol. The lowest BCUT2D eigenvalue weighted by molar-refractivity contribution is 0.462. The van der Waals surface area contributed by atoms with Crippen LogP contribution in [0.4, 0.5) is 11.6 Å². The largest absolute Gasteiger partial charge is 0.367 e. The van der Waals surface area contributed by atoms with Crippen LogP contribution in [0.3, 0.4) is 0 Å². The van der Waals surface area contributed by atoms with Gasteiger partial charge in [-0.05, 0) is 42.7 Å². The quantitative estimate of drug-likeness (QED) is 0.482. The summed E-state index contributed by atoms with van der Waals surface area (Å²) in [6.07, 6.45) is 8.24. The number of hydrogen-bond acceptors (Lipinski definition) is 7. The summed E-state index contributed by atoms with van der Waals surface area (Å²) in [5.74, 6) is 1.93. The van der Waals surface area contributed by atoms with Crippen molar-refractivity contribution in [3.05, 3.63) is 36.0 Å². The maximum atomic E-state index is 8.85. The van der Waals surface area contributed by atoms with E-state index in [9.17, 15) is 0 Å². The standard InChI is InChI=1S/C23H31N7/c24-7-9-26-17-18-14-21(29-23(15-18)30-12-10-25-11-13-30)19-6-8-27-22(16-19)28-20-4-2-1-3-5-20/h6,8,14-16,20,25-26H,1-5,9-13,17H2,(H,27,28). The van der Waals surface area contributed by atoms with Crippen molar-refractivity contribution in [3.63, 3.8) is 0 Å². The van der Waals surface area contributed by atoms with E-state index in [0.717, 1.165) is 54.6 Å². The Morgan fingerprint density at radius 2 is 1.97 bits per heavy atom. The van der Waals surface area contributed by atoms with Gasteiger partial charge >= 0.3 is 0 Å². The van der Waals surface area contributed by atoms with Crippen LogP contribution in [0.1, 0.15) is 37.7 Å². The second kappa shape index (κ2) is 10.4. The molecule has 2 aromatic heterocycles. The summed E-state index contributed by atoms with van der Waals surface area (Å²) in [6, 6.07) is 11.1. The number of nitrogens with zero attached hydrogens (tertiary/aromatic N) is 4. The van der Waals surface area contributed by atoms with Crippen LogP contribution in [-0.4, -0.2) is 48.7 Å². The van der Waals surface area contributed by atoms with Crippen LogP contribution >= 0.6 is 0 Å². The molecule has 1 saturated carbocycles. The Morgan fingerprint density at radius 1 is 1.13 bits per heavy atom. The van der Waals surface area contributed by atoms with Crippen molar-refractivity contribution in [3.8, 4) is 17.3 Å². The summed E-state index contributed by atoms with van der Waals surface area (Å²) in [5.41, 5.74) is 3.16. The van der Waals surface area contributed by atoms with Crippen LogP contribution < -0.4 is 20.9 Å². The second-order valence-electron chi connectivity index (χ2n) is 8.13. The third kappa shape index (κ3) is 5.47. The van der Waals surface area contributed by atoms with Gasteiger partial charge in [-0.1, -0.05) is 19.3 Å². The molecule has 0 atom stereocenters. The molecule has 2 fully saturated rings. The molecule has 2 aliphatic rings. The van der Waals surface area contributed by atoms with E-state index in [1.807, 2.05) is 12.3 Å². The van der Waals surface area contributed by atoms with Crippen LogP contribution in [0.2, 0.25) is 0 Å². The van der Waals surface area contributed by atoms with Crippen molar-refractivity contribution in [2.75, 3.05) is 42.9 Å². The third-order valence-corrected chi connectivity index (χ3v) is 5.86. The van der Waals surface area contributed by atoms with Gasteiger partial charge in [-0.15, -0.1) is 0 Å². The molecule has 0 unspecified atom stereocenters. The fourth-order valence-electron chi connectivity index (χ4n) is 4.26. The van der Waals surface area contributed by atoms with Gasteiger partial charge in [0.05, 0.1) is 18.3 Å². The van der Waals surface area contributed by atoms with Crippen LogP contribution in [0, 0.1) is 11.3 Å². The van der Waals surface area contributed by atoms with Gasteiger partial charge < -0.3 is 20.9 Å². The second-order valence-corrected chi connectivity index (χ2v) is 8.13. The SMILES string of the molecule is N#CCNCc1cc(-c2ccnc(NC3CCCCC3)c2)nc(N2CCNCC2)c1. The first-order valence-corrected chi connectivity index (χ1v) is 11.1. The zero-order valence-corrected chi connectivity index (χ0v) is 17.5. The highest BCUT2D eigenvalue weighted by Gasteiger charge is 2.16. The maximum absolute atomic E-state index is 8.85. The molecule has 1 aliphatic carbocycles. The molecule has 3 N–H and O–H groups in total. The molecular weight excluding hydrogens is 374 g/mol. The van der Waals surface area contributed by atoms with Gasteiger partial charge in [0.2, 0.25) is 0 Å². The number of nitrogens with one attached hydrogen (secondary N) is 3. The lowest BCUT2D eigenvalue weighted by atomic mass is 9.95. The van der Waals surface area contributed by atoms with E-state index < -0.39 is 0 Å². The number of aromatic nitrogens is 2. The Hall–Kier alpha value is -2.69. The van der Waals surface area contributed by atoms with Gasteiger partial charge in [0.1, 0.15) is 11.6 Å². The molecule has 0 spiro atoms. The highest BCUT2D eigenvalue weighted by Crippen LogP contribution is 2.26. The fraction of sp³-hybridized carbons (Fsp3) is 0.522. The van der Waals surface area contributed by atoms with Gasteiger partial charge in [-0.2, -0.15) is 5.26 Å². The molecule has 0 aromatic carbocycles. The molecule has 7 heteroatoms. The minimum absolute atomic E-state index is 0.339. The molecule has 7 nitrogen and oxygen atoms in total. The van der Waals surface area contributed by atoms with Crippen molar-refractivity contribution in [2.45, 2.75) is 44.7 Å². The van der Waals surface area contributed by atoms with Gasteiger partial charge in [-0.25, -0.2) is 9.97 Å². The minimum atomic E-state index is 0.339. The first-order chi connectivity index (χ1) is 14.8. The molecule has 1 saturated heterocycles. The third-order valence-electron chi connectivity index (χ3n) is 5.86. The van der Waals surface area contributed by atoms with E-state index in [2.05, 4.69) is 50.1 Å². The zero-order valence-electron chi connectivity index (χ0n) is 17.5. The van der Waals surface area contributed by atoms with E-state index in [4.69, 9.17) is 10.2 Å². The maximum Gasteiger partial charge on any atom is 0.129 e. The Morgan fingerprint density at radius 3 is 2.77 bits per heavy atom. The molecule has 158 valence electrons. The summed E-state index contributed by atoms with van der Waals surface area (Å²) in [4.78, 5) is 11.9. The molecule has 1 aliphatic heterocycles. The van der Waals surface area contributed by atoms with Gasteiger partial charge in [0, 0.05) is 50.5 Å². The molecule has 3 heterocycles. The Labute approximate surface area is 178 Å². The molecule has 2 aromatic rings.